The second-order valence-electron chi connectivity index (χ2n) is 5.89. The summed E-state index contributed by atoms with van der Waals surface area (Å²) in [5.74, 6) is 0.511. The van der Waals surface area contributed by atoms with Crippen molar-refractivity contribution in [2.75, 3.05) is 32.8 Å². The van der Waals surface area contributed by atoms with Gasteiger partial charge in [-0.05, 0) is 27.9 Å². The van der Waals surface area contributed by atoms with E-state index in [-0.39, 0.29) is 5.91 Å². The van der Waals surface area contributed by atoms with Gasteiger partial charge in [-0.25, -0.2) is 0 Å². The molecule has 2 rings (SSSR count). The lowest BCUT2D eigenvalue weighted by molar-refractivity contribution is 0.00191. The van der Waals surface area contributed by atoms with Crippen LogP contribution in [-0.4, -0.2) is 54.7 Å². The van der Waals surface area contributed by atoms with Crippen LogP contribution in [0.2, 0.25) is 0 Å². The predicted molar refractivity (Wildman–Crippen MR) is 94.5 cm³/mol. The van der Waals surface area contributed by atoms with E-state index in [0.717, 1.165) is 43.6 Å². The Morgan fingerprint density at radius 1 is 1.35 bits per heavy atom. The first-order valence-corrected chi connectivity index (χ1v) is 9.15. The van der Waals surface area contributed by atoms with Crippen molar-refractivity contribution in [1.82, 2.24) is 15.2 Å². The fourth-order valence-corrected chi connectivity index (χ4v) is 3.54. The summed E-state index contributed by atoms with van der Waals surface area (Å²) >= 11 is 3.35. The molecular weight excluding hydrogens is 358 g/mol. The van der Waals surface area contributed by atoms with Gasteiger partial charge in [0.05, 0.1) is 18.8 Å². The summed E-state index contributed by atoms with van der Waals surface area (Å²) < 4.78 is 6.28. The summed E-state index contributed by atoms with van der Waals surface area (Å²) in [5.41, 5.74) is 0.588. The Balaban J connectivity index is 2.00. The zero-order valence-corrected chi connectivity index (χ0v) is 15.5. The molecule has 2 heterocycles. The minimum atomic E-state index is -0.0667. The maximum atomic E-state index is 12.4. The number of hydrogen-bond donors (Lipinski definition) is 1. The molecule has 1 saturated heterocycles. The Morgan fingerprint density at radius 3 is 2.65 bits per heavy atom. The molecule has 0 radical (unpaired) electrons. The SMILES string of the molecule is CCC(CC)C(CNC(=O)c1cncc(Br)c1)N1CCOCC1. The summed E-state index contributed by atoms with van der Waals surface area (Å²) in [4.78, 5) is 18.9. The van der Waals surface area contributed by atoms with Crippen LogP contribution in [0.15, 0.2) is 22.9 Å². The lowest BCUT2D eigenvalue weighted by atomic mass is 9.92. The number of carbonyl (C=O) groups excluding carboxylic acids is 1. The van der Waals surface area contributed by atoms with Gasteiger partial charge in [0, 0.05) is 42.5 Å². The Bertz CT molecular complexity index is 502. The van der Waals surface area contributed by atoms with Crippen molar-refractivity contribution < 1.29 is 9.53 Å². The zero-order chi connectivity index (χ0) is 16.7. The Morgan fingerprint density at radius 2 is 2.04 bits per heavy atom. The van der Waals surface area contributed by atoms with E-state index in [4.69, 9.17) is 4.74 Å². The molecule has 0 saturated carbocycles. The first-order valence-electron chi connectivity index (χ1n) is 8.36. The molecule has 5 nitrogen and oxygen atoms in total. The summed E-state index contributed by atoms with van der Waals surface area (Å²) in [5, 5.41) is 3.09. The van der Waals surface area contributed by atoms with Gasteiger partial charge in [0.2, 0.25) is 0 Å². The van der Waals surface area contributed by atoms with E-state index in [0.29, 0.717) is 24.1 Å². The van der Waals surface area contributed by atoms with Crippen LogP contribution in [0.1, 0.15) is 37.0 Å². The maximum absolute atomic E-state index is 12.4. The quantitative estimate of drug-likeness (QED) is 0.786. The number of amides is 1. The molecule has 0 aliphatic carbocycles. The molecule has 1 fully saturated rings. The van der Waals surface area contributed by atoms with Gasteiger partial charge in [-0.3, -0.25) is 14.7 Å². The largest absolute Gasteiger partial charge is 0.379 e. The highest BCUT2D eigenvalue weighted by atomic mass is 79.9. The minimum absolute atomic E-state index is 0.0667. The Hall–Kier alpha value is -0.980. The van der Waals surface area contributed by atoms with Gasteiger partial charge in [-0.1, -0.05) is 26.7 Å². The molecule has 0 aromatic carbocycles. The van der Waals surface area contributed by atoms with E-state index in [9.17, 15) is 4.79 Å². The second-order valence-corrected chi connectivity index (χ2v) is 6.81. The van der Waals surface area contributed by atoms with Crippen molar-refractivity contribution in [2.24, 2.45) is 5.92 Å². The molecule has 1 aromatic heterocycles. The van der Waals surface area contributed by atoms with Gasteiger partial charge >= 0.3 is 0 Å². The average Bonchev–Trinajstić information content (AvgIpc) is 2.59. The van der Waals surface area contributed by atoms with E-state index in [2.05, 4.69) is 45.0 Å². The number of rotatable bonds is 7. The summed E-state index contributed by atoms with van der Waals surface area (Å²) in [6, 6.07) is 2.15. The van der Waals surface area contributed by atoms with Crippen molar-refractivity contribution in [1.29, 1.82) is 0 Å². The molecule has 1 aromatic rings. The van der Waals surface area contributed by atoms with Crippen LogP contribution in [-0.2, 0) is 4.74 Å². The fraction of sp³-hybridized carbons (Fsp3) is 0.647. The van der Waals surface area contributed by atoms with Crippen LogP contribution in [0.25, 0.3) is 0 Å². The molecule has 1 unspecified atom stereocenters. The van der Waals surface area contributed by atoms with Gasteiger partial charge in [0.25, 0.3) is 5.91 Å². The van der Waals surface area contributed by atoms with E-state index >= 15 is 0 Å². The predicted octanol–water partition coefficient (Wildman–Crippen LogP) is 2.71. The molecule has 128 valence electrons. The highest BCUT2D eigenvalue weighted by Crippen LogP contribution is 2.20. The van der Waals surface area contributed by atoms with Gasteiger partial charge in [-0.15, -0.1) is 0 Å². The van der Waals surface area contributed by atoms with Gasteiger partial charge in [-0.2, -0.15) is 0 Å². The third kappa shape index (κ3) is 5.26. The maximum Gasteiger partial charge on any atom is 0.252 e. The van der Waals surface area contributed by atoms with Crippen LogP contribution in [0.4, 0.5) is 0 Å². The average molecular weight is 384 g/mol. The molecule has 6 heteroatoms. The van der Waals surface area contributed by atoms with Crippen LogP contribution in [0, 0.1) is 5.92 Å². The topological polar surface area (TPSA) is 54.5 Å². The number of nitrogens with zero attached hydrogens (tertiary/aromatic N) is 2. The standard InChI is InChI=1S/C17H26BrN3O2/c1-3-13(4-2)16(21-5-7-23-8-6-21)12-20-17(22)14-9-15(18)11-19-10-14/h9-11,13,16H,3-8,12H2,1-2H3,(H,20,22). The van der Waals surface area contributed by atoms with E-state index < -0.39 is 0 Å². The number of halogens is 1. The van der Waals surface area contributed by atoms with Crippen molar-refractivity contribution in [2.45, 2.75) is 32.7 Å². The summed E-state index contributed by atoms with van der Waals surface area (Å²) in [6.45, 7) is 8.55. The number of aromatic nitrogens is 1. The molecular formula is C17H26BrN3O2. The van der Waals surface area contributed by atoms with Crippen molar-refractivity contribution >= 4 is 21.8 Å². The Kier molecular flexibility index (Phi) is 7.46. The molecule has 1 amide bonds. The Labute approximate surface area is 146 Å². The molecule has 1 atom stereocenters. The van der Waals surface area contributed by atoms with Crippen molar-refractivity contribution in [3.63, 3.8) is 0 Å². The molecule has 0 spiro atoms. The molecule has 23 heavy (non-hydrogen) atoms. The lowest BCUT2D eigenvalue weighted by Gasteiger charge is -2.38. The van der Waals surface area contributed by atoms with Gasteiger partial charge in [0.15, 0.2) is 0 Å². The number of pyridine rings is 1. The molecule has 1 aliphatic rings. The van der Waals surface area contributed by atoms with Crippen molar-refractivity contribution in [3.05, 3.63) is 28.5 Å². The molecule has 0 bridgehead atoms. The smallest absolute Gasteiger partial charge is 0.252 e. The highest BCUT2D eigenvalue weighted by molar-refractivity contribution is 9.10. The second kappa shape index (κ2) is 9.35. The summed E-state index contributed by atoms with van der Waals surface area (Å²) in [6.07, 6.45) is 5.51. The lowest BCUT2D eigenvalue weighted by Crippen LogP contribution is -2.52. The molecule has 1 aliphatic heterocycles. The monoisotopic (exact) mass is 383 g/mol. The van der Waals surface area contributed by atoms with E-state index in [1.165, 1.54) is 0 Å². The van der Waals surface area contributed by atoms with Crippen LogP contribution in [0.3, 0.4) is 0 Å². The fourth-order valence-electron chi connectivity index (χ4n) is 3.17. The van der Waals surface area contributed by atoms with Crippen LogP contribution in [0.5, 0.6) is 0 Å². The minimum Gasteiger partial charge on any atom is -0.379 e. The van der Waals surface area contributed by atoms with Gasteiger partial charge < -0.3 is 10.1 Å². The van der Waals surface area contributed by atoms with E-state index in [1.807, 2.05) is 0 Å². The first kappa shape index (κ1) is 18.4. The summed E-state index contributed by atoms with van der Waals surface area (Å²) in [7, 11) is 0. The number of nitrogens with one attached hydrogen (secondary N) is 1. The van der Waals surface area contributed by atoms with Crippen LogP contribution < -0.4 is 5.32 Å². The first-order chi connectivity index (χ1) is 11.2. The third-order valence-corrected chi connectivity index (χ3v) is 4.98. The van der Waals surface area contributed by atoms with Crippen LogP contribution >= 0.6 is 15.9 Å². The van der Waals surface area contributed by atoms with Gasteiger partial charge in [0.1, 0.15) is 0 Å². The zero-order valence-electron chi connectivity index (χ0n) is 13.9. The normalized spacial score (nSPS) is 17.2. The number of hydrogen-bond acceptors (Lipinski definition) is 4. The third-order valence-electron chi connectivity index (χ3n) is 4.55. The number of carbonyl (C=O) groups is 1. The van der Waals surface area contributed by atoms with Crippen molar-refractivity contribution in [3.8, 4) is 0 Å². The van der Waals surface area contributed by atoms with E-state index in [1.54, 1.807) is 18.5 Å². The number of morpholine rings is 1. The number of ether oxygens (including phenoxy) is 1. The molecule has 1 N–H and O–H groups in total. The highest BCUT2D eigenvalue weighted by Gasteiger charge is 2.27.